The second kappa shape index (κ2) is 11.0. The van der Waals surface area contributed by atoms with E-state index < -0.39 is 0 Å². The quantitative estimate of drug-likeness (QED) is 0.479. The van der Waals surface area contributed by atoms with Gasteiger partial charge in [0.15, 0.2) is 0 Å². The average molecular weight is 488 g/mol. The van der Waals surface area contributed by atoms with Crippen LogP contribution in [0.3, 0.4) is 0 Å². The van der Waals surface area contributed by atoms with E-state index >= 15 is 0 Å². The van der Waals surface area contributed by atoms with E-state index in [1.165, 1.54) is 11.3 Å². The third-order valence-electron chi connectivity index (χ3n) is 5.78. The maximum absolute atomic E-state index is 12.3. The third-order valence-corrected chi connectivity index (χ3v) is 6.39. The molecule has 1 aliphatic heterocycles. The predicted molar refractivity (Wildman–Crippen MR) is 130 cm³/mol. The normalized spacial score (nSPS) is 14.5. The zero-order chi connectivity index (χ0) is 23.2. The fourth-order valence-corrected chi connectivity index (χ4v) is 4.31. The largest absolute Gasteiger partial charge is 0.417 e. The van der Waals surface area contributed by atoms with E-state index in [4.69, 9.17) is 27.6 Å². The van der Waals surface area contributed by atoms with Crippen molar-refractivity contribution in [3.8, 4) is 0 Å². The SMILES string of the molecule is Cc1ccc(Cl)cc1N1CCN(CCCNC(=O)c2nnc(Cc3ccccc3Cl)o2)CC1. The van der Waals surface area contributed by atoms with Gasteiger partial charge in [0.25, 0.3) is 0 Å². The van der Waals surface area contributed by atoms with Gasteiger partial charge in [0.1, 0.15) is 0 Å². The fourth-order valence-electron chi connectivity index (χ4n) is 3.94. The maximum Gasteiger partial charge on any atom is 0.308 e. The molecular formula is C24H27Cl2N5O2. The Labute approximate surface area is 203 Å². The summed E-state index contributed by atoms with van der Waals surface area (Å²) in [5, 5.41) is 12.1. The minimum Gasteiger partial charge on any atom is -0.417 e. The van der Waals surface area contributed by atoms with Gasteiger partial charge in [-0.15, -0.1) is 10.2 Å². The fraction of sp³-hybridized carbons (Fsp3) is 0.375. The number of halogens is 2. The van der Waals surface area contributed by atoms with Crippen LogP contribution in [0, 0.1) is 6.92 Å². The zero-order valence-corrected chi connectivity index (χ0v) is 20.1. The summed E-state index contributed by atoms with van der Waals surface area (Å²) in [6.07, 6.45) is 1.24. The van der Waals surface area contributed by atoms with Gasteiger partial charge >= 0.3 is 11.8 Å². The number of carbonyl (C=O) groups excluding carboxylic acids is 1. The molecule has 0 spiro atoms. The summed E-state index contributed by atoms with van der Waals surface area (Å²) >= 11 is 12.3. The highest BCUT2D eigenvalue weighted by Crippen LogP contribution is 2.25. The van der Waals surface area contributed by atoms with E-state index in [0.717, 1.165) is 49.7 Å². The van der Waals surface area contributed by atoms with Crippen molar-refractivity contribution in [3.05, 3.63) is 75.4 Å². The van der Waals surface area contributed by atoms with E-state index in [0.29, 0.717) is 23.9 Å². The van der Waals surface area contributed by atoms with E-state index in [-0.39, 0.29) is 11.8 Å². The van der Waals surface area contributed by atoms with Crippen LogP contribution < -0.4 is 10.2 Å². The molecule has 2 aromatic carbocycles. The van der Waals surface area contributed by atoms with Gasteiger partial charge in [-0.25, -0.2) is 0 Å². The standard InChI is InChI=1S/C24H27Cl2N5O2/c1-17-7-8-19(25)16-21(17)31-13-11-30(12-14-31)10-4-9-27-23(32)24-29-28-22(33-24)15-18-5-2-3-6-20(18)26/h2-3,5-8,16H,4,9-15H2,1H3,(H,27,32). The lowest BCUT2D eigenvalue weighted by Crippen LogP contribution is -2.47. The monoisotopic (exact) mass is 487 g/mol. The molecule has 4 rings (SSSR count). The van der Waals surface area contributed by atoms with Crippen LogP contribution in [0.25, 0.3) is 0 Å². The maximum atomic E-state index is 12.3. The van der Waals surface area contributed by atoms with Gasteiger partial charge in [0, 0.05) is 48.5 Å². The lowest BCUT2D eigenvalue weighted by molar-refractivity contribution is 0.0915. The molecule has 0 atom stereocenters. The minimum atomic E-state index is -0.353. The first-order valence-electron chi connectivity index (χ1n) is 11.1. The average Bonchev–Trinajstić information content (AvgIpc) is 3.29. The van der Waals surface area contributed by atoms with Gasteiger partial charge < -0.3 is 14.6 Å². The van der Waals surface area contributed by atoms with Crippen LogP contribution in [0.1, 0.15) is 34.1 Å². The number of aromatic nitrogens is 2. The summed E-state index contributed by atoms with van der Waals surface area (Å²) in [6, 6.07) is 13.5. The number of hydrogen-bond acceptors (Lipinski definition) is 6. The Morgan fingerprint density at radius 1 is 1.09 bits per heavy atom. The molecule has 1 aliphatic rings. The van der Waals surface area contributed by atoms with Crippen molar-refractivity contribution in [2.24, 2.45) is 0 Å². The van der Waals surface area contributed by atoms with Gasteiger partial charge in [-0.2, -0.15) is 0 Å². The van der Waals surface area contributed by atoms with Crippen molar-refractivity contribution in [3.63, 3.8) is 0 Å². The number of amides is 1. The number of aryl methyl sites for hydroxylation is 1. The molecule has 1 amide bonds. The minimum absolute atomic E-state index is 0.0254. The van der Waals surface area contributed by atoms with Crippen LogP contribution in [-0.2, 0) is 6.42 Å². The van der Waals surface area contributed by atoms with Gasteiger partial charge in [-0.1, -0.05) is 47.5 Å². The second-order valence-electron chi connectivity index (χ2n) is 8.14. The third kappa shape index (κ3) is 6.25. The van der Waals surface area contributed by atoms with Crippen molar-refractivity contribution in [2.75, 3.05) is 44.2 Å². The molecule has 0 saturated carbocycles. The molecular weight excluding hydrogens is 461 g/mol. The van der Waals surface area contributed by atoms with Crippen molar-refractivity contribution >= 4 is 34.8 Å². The molecule has 2 heterocycles. The summed E-state index contributed by atoms with van der Waals surface area (Å²) < 4.78 is 5.50. The molecule has 0 bridgehead atoms. The number of hydrogen-bond donors (Lipinski definition) is 1. The molecule has 1 fully saturated rings. The molecule has 7 nitrogen and oxygen atoms in total. The first-order chi connectivity index (χ1) is 16.0. The Hall–Kier alpha value is -2.61. The van der Waals surface area contributed by atoms with E-state index in [2.05, 4.69) is 38.3 Å². The van der Waals surface area contributed by atoms with Crippen LogP contribution in [0.2, 0.25) is 10.0 Å². The summed E-state index contributed by atoms with van der Waals surface area (Å²) in [4.78, 5) is 17.1. The molecule has 1 aromatic heterocycles. The van der Waals surface area contributed by atoms with Crippen LogP contribution in [-0.4, -0.2) is 60.3 Å². The number of rotatable bonds is 8. The number of benzene rings is 2. The zero-order valence-electron chi connectivity index (χ0n) is 18.6. The van der Waals surface area contributed by atoms with E-state index in [1.807, 2.05) is 30.3 Å². The number of piperazine rings is 1. The molecule has 174 valence electrons. The summed E-state index contributed by atoms with van der Waals surface area (Å²) in [7, 11) is 0. The number of carbonyl (C=O) groups is 1. The van der Waals surface area contributed by atoms with Crippen molar-refractivity contribution in [1.82, 2.24) is 20.4 Å². The van der Waals surface area contributed by atoms with E-state index in [1.54, 1.807) is 6.07 Å². The van der Waals surface area contributed by atoms with Crippen molar-refractivity contribution in [1.29, 1.82) is 0 Å². The van der Waals surface area contributed by atoms with Crippen molar-refractivity contribution in [2.45, 2.75) is 19.8 Å². The molecule has 0 radical (unpaired) electrons. The highest BCUT2D eigenvalue weighted by Gasteiger charge is 2.19. The highest BCUT2D eigenvalue weighted by molar-refractivity contribution is 6.31. The number of nitrogens with one attached hydrogen (secondary N) is 1. The highest BCUT2D eigenvalue weighted by atomic mass is 35.5. The van der Waals surface area contributed by atoms with Gasteiger partial charge in [0.2, 0.25) is 5.89 Å². The lowest BCUT2D eigenvalue weighted by atomic mass is 10.1. The molecule has 0 aliphatic carbocycles. The Kier molecular flexibility index (Phi) is 7.85. The first-order valence-corrected chi connectivity index (χ1v) is 11.8. The van der Waals surface area contributed by atoms with E-state index in [9.17, 15) is 4.79 Å². The molecule has 1 saturated heterocycles. The Morgan fingerprint density at radius 2 is 1.88 bits per heavy atom. The predicted octanol–water partition coefficient (Wildman–Crippen LogP) is 4.22. The molecule has 3 aromatic rings. The Morgan fingerprint density at radius 3 is 2.67 bits per heavy atom. The smallest absolute Gasteiger partial charge is 0.308 e. The lowest BCUT2D eigenvalue weighted by Gasteiger charge is -2.36. The Bertz CT molecular complexity index is 1100. The summed E-state index contributed by atoms with van der Waals surface area (Å²) in [5.74, 6) is -0.0159. The molecule has 33 heavy (non-hydrogen) atoms. The molecule has 9 heteroatoms. The molecule has 0 unspecified atom stereocenters. The van der Waals surface area contributed by atoms with Crippen LogP contribution >= 0.6 is 23.2 Å². The van der Waals surface area contributed by atoms with Crippen LogP contribution in [0.15, 0.2) is 46.9 Å². The number of anilines is 1. The second-order valence-corrected chi connectivity index (χ2v) is 8.98. The summed E-state index contributed by atoms with van der Waals surface area (Å²) in [6.45, 7) is 7.47. The Balaban J connectivity index is 1.17. The number of nitrogens with zero attached hydrogens (tertiary/aromatic N) is 4. The van der Waals surface area contributed by atoms with Gasteiger partial charge in [0.05, 0.1) is 6.42 Å². The van der Waals surface area contributed by atoms with Crippen LogP contribution in [0.5, 0.6) is 0 Å². The first kappa shape index (κ1) is 23.5. The topological polar surface area (TPSA) is 74.5 Å². The van der Waals surface area contributed by atoms with Gasteiger partial charge in [-0.05, 0) is 49.2 Å². The van der Waals surface area contributed by atoms with Crippen LogP contribution in [0.4, 0.5) is 5.69 Å². The summed E-state index contributed by atoms with van der Waals surface area (Å²) in [5.41, 5.74) is 3.33. The molecule has 1 N–H and O–H groups in total. The van der Waals surface area contributed by atoms with Crippen molar-refractivity contribution < 1.29 is 9.21 Å². The van der Waals surface area contributed by atoms with Gasteiger partial charge in [-0.3, -0.25) is 9.69 Å².